The molecule has 0 aliphatic carbocycles. The van der Waals surface area contributed by atoms with E-state index in [0.29, 0.717) is 12.6 Å². The number of fused-ring (bicyclic) bond motifs is 2. The van der Waals surface area contributed by atoms with Crippen LogP contribution in [0.2, 0.25) is 0 Å². The molecular weight excluding hydrogens is 356 g/mol. The highest BCUT2D eigenvalue weighted by atomic mass is 16.6. The number of furan rings is 1. The van der Waals surface area contributed by atoms with E-state index in [0.717, 1.165) is 50.4 Å². The summed E-state index contributed by atoms with van der Waals surface area (Å²) in [6.07, 6.45) is 6.26. The number of ether oxygens (including phenoxy) is 1. The summed E-state index contributed by atoms with van der Waals surface area (Å²) in [5.74, 6) is 1.78. The van der Waals surface area contributed by atoms with E-state index in [-0.39, 0.29) is 18.2 Å². The molecule has 1 aromatic rings. The Balaban J connectivity index is 1.55. The van der Waals surface area contributed by atoms with Crippen molar-refractivity contribution in [2.45, 2.75) is 83.5 Å². The van der Waals surface area contributed by atoms with Crippen LogP contribution in [-0.2, 0) is 11.2 Å². The lowest BCUT2D eigenvalue weighted by atomic mass is 9.98. The third kappa shape index (κ3) is 5.42. The molecule has 2 aliphatic heterocycles. The minimum absolute atomic E-state index is 0.169. The largest absolute Gasteiger partial charge is 0.469 e. The summed E-state index contributed by atoms with van der Waals surface area (Å²) < 4.78 is 11.0. The smallest absolute Gasteiger partial charge is 0.410 e. The molecule has 2 aliphatic rings. The SMILES string of the molecule is CCNC(=NCCc1ccco1)NC1CC2CCC(C1)N2C(=O)OC(C)(C)C. The van der Waals surface area contributed by atoms with Crippen LogP contribution in [0, 0.1) is 0 Å². The molecule has 7 nitrogen and oxygen atoms in total. The lowest BCUT2D eigenvalue weighted by Gasteiger charge is -2.40. The van der Waals surface area contributed by atoms with E-state index in [1.165, 1.54) is 0 Å². The van der Waals surface area contributed by atoms with Crippen LogP contribution in [0.25, 0.3) is 0 Å². The fourth-order valence-electron chi connectivity index (χ4n) is 4.15. The number of aliphatic imine (C=N–C) groups is 1. The highest BCUT2D eigenvalue weighted by molar-refractivity contribution is 5.80. The quantitative estimate of drug-likeness (QED) is 0.596. The molecule has 2 fully saturated rings. The Morgan fingerprint density at radius 2 is 2.04 bits per heavy atom. The fourth-order valence-corrected chi connectivity index (χ4v) is 4.15. The molecule has 28 heavy (non-hydrogen) atoms. The number of carbonyl (C=O) groups excluding carboxylic acids is 1. The zero-order valence-electron chi connectivity index (χ0n) is 17.5. The number of hydrogen-bond donors (Lipinski definition) is 2. The van der Waals surface area contributed by atoms with Crippen molar-refractivity contribution in [1.29, 1.82) is 0 Å². The van der Waals surface area contributed by atoms with Gasteiger partial charge in [-0.25, -0.2) is 4.79 Å². The summed E-state index contributed by atoms with van der Waals surface area (Å²) in [7, 11) is 0. The third-order valence-corrected chi connectivity index (χ3v) is 5.23. The van der Waals surface area contributed by atoms with Gasteiger partial charge in [-0.1, -0.05) is 0 Å². The molecule has 1 aromatic heterocycles. The van der Waals surface area contributed by atoms with Gasteiger partial charge in [0.05, 0.1) is 6.26 Å². The van der Waals surface area contributed by atoms with Crippen molar-refractivity contribution in [2.24, 2.45) is 4.99 Å². The lowest BCUT2D eigenvalue weighted by molar-refractivity contribution is 0.00545. The molecule has 0 saturated carbocycles. The van der Waals surface area contributed by atoms with Crippen LogP contribution < -0.4 is 10.6 Å². The highest BCUT2D eigenvalue weighted by Crippen LogP contribution is 2.36. The van der Waals surface area contributed by atoms with E-state index in [9.17, 15) is 4.79 Å². The molecule has 7 heteroatoms. The lowest BCUT2D eigenvalue weighted by Crippen LogP contribution is -2.55. The standard InChI is InChI=1S/C21H34N4O3/c1-5-22-19(23-11-10-18-7-6-12-27-18)24-15-13-16-8-9-17(14-15)25(16)20(26)28-21(2,3)4/h6-7,12,15-17H,5,8-11,13-14H2,1-4H3,(H2,22,23,24). The fraction of sp³-hybridized carbons (Fsp3) is 0.714. The molecule has 2 saturated heterocycles. The van der Waals surface area contributed by atoms with Gasteiger partial charge in [-0.15, -0.1) is 0 Å². The van der Waals surface area contributed by atoms with Crippen LogP contribution in [-0.4, -0.2) is 53.8 Å². The van der Waals surface area contributed by atoms with Gasteiger partial charge in [0.2, 0.25) is 0 Å². The first-order valence-electron chi connectivity index (χ1n) is 10.4. The van der Waals surface area contributed by atoms with E-state index < -0.39 is 5.60 Å². The number of carbonyl (C=O) groups is 1. The molecule has 0 radical (unpaired) electrons. The number of nitrogens with zero attached hydrogens (tertiary/aromatic N) is 2. The minimum Gasteiger partial charge on any atom is -0.469 e. The third-order valence-electron chi connectivity index (χ3n) is 5.23. The van der Waals surface area contributed by atoms with Gasteiger partial charge in [0, 0.05) is 37.6 Å². The van der Waals surface area contributed by atoms with Gasteiger partial charge in [-0.05, 0) is 65.5 Å². The van der Waals surface area contributed by atoms with Crippen molar-refractivity contribution in [2.75, 3.05) is 13.1 Å². The van der Waals surface area contributed by atoms with Crippen LogP contribution >= 0.6 is 0 Å². The average molecular weight is 391 g/mol. The molecule has 2 atom stereocenters. The maximum atomic E-state index is 12.6. The Labute approximate surface area is 167 Å². The van der Waals surface area contributed by atoms with E-state index in [1.54, 1.807) is 6.26 Å². The molecule has 156 valence electrons. The van der Waals surface area contributed by atoms with Crippen molar-refractivity contribution in [3.8, 4) is 0 Å². The zero-order chi connectivity index (χ0) is 20.1. The van der Waals surface area contributed by atoms with Crippen molar-refractivity contribution >= 4 is 12.1 Å². The maximum absolute atomic E-state index is 12.6. The number of amides is 1. The van der Waals surface area contributed by atoms with Gasteiger partial charge < -0.3 is 24.7 Å². The van der Waals surface area contributed by atoms with Gasteiger partial charge in [0.1, 0.15) is 11.4 Å². The average Bonchev–Trinajstić information content (AvgIpc) is 3.20. The Hall–Kier alpha value is -2.18. The molecule has 0 spiro atoms. The summed E-state index contributed by atoms with van der Waals surface area (Å²) in [5.41, 5.74) is -0.454. The van der Waals surface area contributed by atoms with Gasteiger partial charge >= 0.3 is 6.09 Å². The highest BCUT2D eigenvalue weighted by Gasteiger charge is 2.45. The van der Waals surface area contributed by atoms with E-state index in [2.05, 4.69) is 22.5 Å². The summed E-state index contributed by atoms with van der Waals surface area (Å²) in [5, 5.41) is 6.90. The van der Waals surface area contributed by atoms with Crippen LogP contribution in [0.4, 0.5) is 4.79 Å². The summed E-state index contributed by atoms with van der Waals surface area (Å²) in [6, 6.07) is 4.68. The zero-order valence-corrected chi connectivity index (χ0v) is 17.5. The molecule has 0 aromatic carbocycles. The van der Waals surface area contributed by atoms with Crippen LogP contribution in [0.5, 0.6) is 0 Å². The van der Waals surface area contributed by atoms with Crippen molar-refractivity contribution in [3.63, 3.8) is 0 Å². The number of guanidine groups is 1. The second-order valence-corrected chi connectivity index (χ2v) is 8.68. The first kappa shape index (κ1) is 20.6. The molecule has 3 rings (SSSR count). The minimum atomic E-state index is -0.454. The van der Waals surface area contributed by atoms with Crippen LogP contribution in [0.15, 0.2) is 27.8 Å². The molecule has 3 heterocycles. The summed E-state index contributed by atoms with van der Waals surface area (Å²) in [6.45, 7) is 9.32. The second kappa shape index (κ2) is 8.88. The van der Waals surface area contributed by atoms with Crippen molar-refractivity contribution in [1.82, 2.24) is 15.5 Å². The summed E-state index contributed by atoms with van der Waals surface area (Å²) in [4.78, 5) is 19.3. The first-order chi connectivity index (χ1) is 13.4. The van der Waals surface area contributed by atoms with Crippen molar-refractivity contribution < 1.29 is 13.9 Å². The van der Waals surface area contributed by atoms with Gasteiger partial charge in [0.25, 0.3) is 0 Å². The Kier molecular flexibility index (Phi) is 6.52. The van der Waals surface area contributed by atoms with E-state index >= 15 is 0 Å². The Morgan fingerprint density at radius 1 is 1.32 bits per heavy atom. The number of piperidine rings is 1. The topological polar surface area (TPSA) is 79.1 Å². The number of rotatable bonds is 5. The molecule has 2 unspecified atom stereocenters. The predicted molar refractivity (Wildman–Crippen MR) is 109 cm³/mol. The normalized spacial score (nSPS) is 24.9. The monoisotopic (exact) mass is 390 g/mol. The van der Waals surface area contributed by atoms with Crippen LogP contribution in [0.3, 0.4) is 0 Å². The van der Waals surface area contributed by atoms with Crippen LogP contribution in [0.1, 0.15) is 59.1 Å². The molecule has 2 N–H and O–H groups in total. The number of hydrogen-bond acceptors (Lipinski definition) is 4. The molecule has 2 bridgehead atoms. The van der Waals surface area contributed by atoms with Crippen molar-refractivity contribution in [3.05, 3.63) is 24.2 Å². The van der Waals surface area contributed by atoms with E-state index in [1.807, 2.05) is 37.8 Å². The van der Waals surface area contributed by atoms with Gasteiger partial charge in [-0.3, -0.25) is 4.99 Å². The first-order valence-corrected chi connectivity index (χ1v) is 10.4. The number of nitrogens with one attached hydrogen (secondary N) is 2. The summed E-state index contributed by atoms with van der Waals surface area (Å²) >= 11 is 0. The van der Waals surface area contributed by atoms with E-state index in [4.69, 9.17) is 9.15 Å². The predicted octanol–water partition coefficient (Wildman–Crippen LogP) is 3.31. The maximum Gasteiger partial charge on any atom is 0.410 e. The van der Waals surface area contributed by atoms with Gasteiger partial charge in [0.15, 0.2) is 5.96 Å². The molecular formula is C21H34N4O3. The van der Waals surface area contributed by atoms with Gasteiger partial charge in [-0.2, -0.15) is 0 Å². The Morgan fingerprint density at radius 3 is 2.61 bits per heavy atom. The second-order valence-electron chi connectivity index (χ2n) is 8.68. The Bertz CT molecular complexity index is 652. The molecule has 1 amide bonds.